The molecular weight excluding hydrogens is 959 g/mol. The lowest BCUT2D eigenvalue weighted by atomic mass is 9.96. The molecule has 0 aliphatic rings. The van der Waals surface area contributed by atoms with E-state index in [1.165, 1.54) is 60.7 Å². The third kappa shape index (κ3) is 8.00. The predicted molar refractivity (Wildman–Crippen MR) is 275 cm³/mol. The summed E-state index contributed by atoms with van der Waals surface area (Å²) in [6, 6.07) is 50.3. The fourth-order valence-corrected chi connectivity index (χ4v) is 8.85. The van der Waals surface area contributed by atoms with Gasteiger partial charge in [-0.05, 0) is 85.3 Å². The maximum atomic E-state index is 10.2. The largest absolute Gasteiger partial charge is 0.241 e. The molecule has 0 aliphatic carbocycles. The zero-order valence-electron chi connectivity index (χ0n) is 39.5. The van der Waals surface area contributed by atoms with Crippen LogP contribution in [0.5, 0.6) is 0 Å². The Labute approximate surface area is 436 Å². The predicted octanol–water partition coefficient (Wildman–Crippen LogP) is 10.4. The van der Waals surface area contributed by atoms with Crippen LogP contribution in [0.1, 0.15) is 66.8 Å². The molecule has 0 aliphatic heterocycles. The molecule has 0 atom stereocenters. The van der Waals surface area contributed by atoms with E-state index >= 15 is 0 Å². The Morgan fingerprint density at radius 1 is 0.221 bits per heavy atom. The minimum atomic E-state index is 0.0129. The number of aryl methyl sites for hydroxylation is 1. The third-order valence-electron chi connectivity index (χ3n) is 12.7. The van der Waals surface area contributed by atoms with Crippen LogP contribution in [0, 0.1) is 132 Å². The average Bonchev–Trinajstić information content (AvgIpc) is 3.62. The van der Waals surface area contributed by atoms with Crippen molar-refractivity contribution in [2.24, 2.45) is 0 Å². The van der Waals surface area contributed by atoms with Gasteiger partial charge >= 0.3 is 0 Å². The van der Waals surface area contributed by atoms with E-state index in [-0.39, 0.29) is 123 Å². The van der Waals surface area contributed by atoms with E-state index in [0.717, 1.165) is 0 Å². The van der Waals surface area contributed by atoms with Crippen LogP contribution in [0.25, 0.3) is 101 Å². The van der Waals surface area contributed by atoms with E-state index in [0.29, 0.717) is 44.5 Å². The zero-order valence-corrected chi connectivity index (χ0v) is 39.5. The molecule has 0 saturated heterocycles. The second kappa shape index (κ2) is 19.3. The zero-order chi connectivity index (χ0) is 54.1. The quantitative estimate of drug-likeness (QED) is 0.140. The minimum Gasteiger partial charge on any atom is -0.241 e. The molecule has 17 heteroatoms. The lowest BCUT2D eigenvalue weighted by molar-refractivity contribution is 1.24. The monoisotopic (exact) mass is 979 g/mol. The smallest absolute Gasteiger partial charge is 0.120 e. The molecule has 17 nitrogen and oxygen atoms in total. The van der Waals surface area contributed by atoms with E-state index in [2.05, 4.69) is 36.4 Å². The van der Waals surface area contributed by atoms with Crippen molar-refractivity contribution >= 4 is 33.1 Å². The van der Waals surface area contributed by atoms with Gasteiger partial charge in [0.2, 0.25) is 0 Å². The maximum Gasteiger partial charge on any atom is 0.120 e. The number of hydrogen-bond donors (Lipinski definition) is 0. The average molecular weight is 980 g/mol. The Bertz CT molecular complexity index is 4750. The summed E-state index contributed by atoms with van der Waals surface area (Å²) < 4.78 is 0. The first-order valence-corrected chi connectivity index (χ1v) is 22.6. The highest BCUT2D eigenvalue weighted by Gasteiger charge is 2.27. The normalized spacial score (nSPS) is 10.3. The third-order valence-corrected chi connectivity index (χ3v) is 12.7. The number of rotatable bonds is 6. The highest BCUT2D eigenvalue weighted by molar-refractivity contribution is 6.20. The Hall–Kier alpha value is -13.1. The van der Waals surface area contributed by atoms with E-state index in [1.807, 2.05) is 30.3 Å². The Balaban J connectivity index is 1.47. The van der Waals surface area contributed by atoms with E-state index in [1.54, 1.807) is 55.5 Å². The number of nitriles is 11. The lowest BCUT2D eigenvalue weighted by Crippen LogP contribution is -2.05. The molecule has 346 valence electrons. The molecule has 0 unspecified atom stereocenters. The molecule has 3 aromatic heterocycles. The molecule has 0 radical (unpaired) electrons. The fourth-order valence-electron chi connectivity index (χ4n) is 8.85. The molecule has 0 fully saturated rings. The van der Waals surface area contributed by atoms with Crippen LogP contribution in [0.3, 0.4) is 0 Å². The second-order valence-electron chi connectivity index (χ2n) is 16.9. The van der Waals surface area contributed by atoms with Crippen LogP contribution in [0.2, 0.25) is 0 Å². The second-order valence-corrected chi connectivity index (χ2v) is 16.9. The molecule has 0 N–H and O–H groups in total. The standard InChI is InChI=1S/C60H21N17/c1-31-14-32(2-8-38(31)20-61)49-50(33-3-9-39(21-62)44(15-33)26-67)73-56-55(72-49)57-59(76-52(35-5-11-41(23-64)46(17-35)28-69)51(74-57)34-4-10-40(22-63)45(16-34)27-68)60-58(56)75-53(36-6-12-42(24-65)47(18-36)29-70)54(77-60)37-7-13-43(25-66)48(19-37)30-71/h2-19H,1H3. The van der Waals surface area contributed by atoms with Crippen molar-refractivity contribution in [1.82, 2.24) is 29.9 Å². The van der Waals surface area contributed by atoms with Gasteiger partial charge in [0.1, 0.15) is 93.8 Å². The van der Waals surface area contributed by atoms with E-state index < -0.39 is 0 Å². The summed E-state index contributed by atoms with van der Waals surface area (Å²) in [4.78, 5) is 31.8. The number of hydrogen-bond acceptors (Lipinski definition) is 17. The highest BCUT2D eigenvalue weighted by Crippen LogP contribution is 2.43. The van der Waals surface area contributed by atoms with Crippen molar-refractivity contribution in [1.29, 1.82) is 57.9 Å². The molecule has 0 amide bonds. The summed E-state index contributed by atoms with van der Waals surface area (Å²) in [5, 5.41) is 111. The van der Waals surface area contributed by atoms with E-state index in [4.69, 9.17) is 29.9 Å². The van der Waals surface area contributed by atoms with Gasteiger partial charge < -0.3 is 0 Å². The van der Waals surface area contributed by atoms with Crippen molar-refractivity contribution < 1.29 is 0 Å². The van der Waals surface area contributed by atoms with Crippen LogP contribution in [0.15, 0.2) is 109 Å². The van der Waals surface area contributed by atoms with Crippen LogP contribution < -0.4 is 0 Å². The number of fused-ring (bicyclic) bond motifs is 6. The van der Waals surface area contributed by atoms with Crippen molar-refractivity contribution in [3.8, 4) is 134 Å². The SMILES string of the molecule is Cc1cc(-c2nc3c(nc2-c2ccc(C#N)c(C#N)c2)c2nc(-c4ccc(C#N)c(C#N)c4)c(-c4ccc(C#N)c(C#N)c4)nc2c2nc(-c4ccc(C#N)c(C#N)c4)c(-c4ccc(C#N)c(C#N)c4)nc32)ccc1C#N. The number of aromatic nitrogens is 6. The first-order valence-electron chi connectivity index (χ1n) is 22.6. The molecule has 0 bridgehead atoms. The molecule has 3 heterocycles. The van der Waals surface area contributed by atoms with Crippen molar-refractivity contribution in [3.05, 3.63) is 176 Å². The Morgan fingerprint density at radius 3 is 0.558 bits per heavy atom. The van der Waals surface area contributed by atoms with Crippen LogP contribution in [-0.4, -0.2) is 29.9 Å². The molecule has 0 spiro atoms. The molecule has 77 heavy (non-hydrogen) atoms. The summed E-state index contributed by atoms with van der Waals surface area (Å²) >= 11 is 0. The molecule has 10 aromatic rings. The maximum absolute atomic E-state index is 10.2. The van der Waals surface area contributed by atoms with Gasteiger partial charge in [-0.25, -0.2) is 29.9 Å². The summed E-state index contributed by atoms with van der Waals surface area (Å²) in [5.74, 6) is 0. The summed E-state index contributed by atoms with van der Waals surface area (Å²) in [6.45, 7) is 1.75. The topological polar surface area (TPSA) is 339 Å². The molecule has 0 saturated carbocycles. The highest BCUT2D eigenvalue weighted by atomic mass is 14.9. The Kier molecular flexibility index (Phi) is 11.9. The van der Waals surface area contributed by atoms with Crippen LogP contribution >= 0.6 is 0 Å². The van der Waals surface area contributed by atoms with Crippen LogP contribution in [0.4, 0.5) is 0 Å². The molecule has 10 rings (SSSR count). The van der Waals surface area contributed by atoms with Crippen molar-refractivity contribution in [3.63, 3.8) is 0 Å². The van der Waals surface area contributed by atoms with Gasteiger partial charge in [0, 0.05) is 33.4 Å². The van der Waals surface area contributed by atoms with Gasteiger partial charge in [0.15, 0.2) is 0 Å². The van der Waals surface area contributed by atoms with Crippen molar-refractivity contribution in [2.45, 2.75) is 6.92 Å². The van der Waals surface area contributed by atoms with E-state index in [9.17, 15) is 57.9 Å². The molecule has 7 aromatic carbocycles. The first-order chi connectivity index (χ1) is 37.5. The van der Waals surface area contributed by atoms with Gasteiger partial charge in [-0.2, -0.15) is 57.9 Å². The van der Waals surface area contributed by atoms with Gasteiger partial charge in [-0.3, -0.25) is 0 Å². The number of nitrogens with zero attached hydrogens (tertiary/aromatic N) is 17. The van der Waals surface area contributed by atoms with Crippen molar-refractivity contribution in [2.75, 3.05) is 0 Å². The molecular formula is C60H21N17. The summed E-state index contributed by atoms with van der Waals surface area (Å²) in [7, 11) is 0. The minimum absolute atomic E-state index is 0.0129. The lowest BCUT2D eigenvalue weighted by Gasteiger charge is -2.18. The van der Waals surface area contributed by atoms with Crippen LogP contribution in [-0.2, 0) is 0 Å². The van der Waals surface area contributed by atoms with Gasteiger partial charge in [-0.15, -0.1) is 0 Å². The fraction of sp³-hybridized carbons (Fsp3) is 0.0167. The van der Waals surface area contributed by atoms with Gasteiger partial charge in [0.25, 0.3) is 0 Å². The van der Waals surface area contributed by atoms with Gasteiger partial charge in [-0.1, -0.05) is 36.4 Å². The van der Waals surface area contributed by atoms with Gasteiger partial charge in [0.05, 0.1) is 101 Å². The summed E-state index contributed by atoms with van der Waals surface area (Å²) in [5.41, 5.74) is 4.96. The first kappa shape index (κ1) is 47.6. The number of benzene rings is 7. The summed E-state index contributed by atoms with van der Waals surface area (Å²) in [6.07, 6.45) is 0. The Morgan fingerprint density at radius 2 is 0.390 bits per heavy atom.